The second kappa shape index (κ2) is 5.65. The second-order valence-electron chi connectivity index (χ2n) is 3.92. The maximum absolute atomic E-state index is 12.0. The predicted molar refractivity (Wildman–Crippen MR) is 72.9 cm³/mol. The van der Waals surface area contributed by atoms with Gasteiger partial charge in [-0.25, -0.2) is 0 Å². The molecule has 3 nitrogen and oxygen atoms in total. The summed E-state index contributed by atoms with van der Waals surface area (Å²) in [5.41, 5.74) is 3.12. The van der Waals surface area contributed by atoms with Crippen molar-refractivity contribution in [2.24, 2.45) is 0 Å². The highest BCUT2D eigenvalue weighted by Crippen LogP contribution is 2.13. The van der Waals surface area contributed by atoms with E-state index in [4.69, 9.17) is 11.6 Å². The fourth-order valence-corrected chi connectivity index (χ4v) is 1.73. The first-order valence-corrected chi connectivity index (χ1v) is 6.12. The number of nitrogens with zero attached hydrogens (tertiary/aromatic N) is 1. The molecule has 0 saturated carbocycles. The van der Waals surface area contributed by atoms with Gasteiger partial charge < -0.3 is 5.32 Å². The number of carbonyl (C=O) groups is 1. The normalized spacial score (nSPS) is 10.1. The van der Waals surface area contributed by atoms with Crippen LogP contribution in [0.15, 0.2) is 42.6 Å². The van der Waals surface area contributed by atoms with Gasteiger partial charge in [0.25, 0.3) is 5.91 Å². The molecule has 0 saturated heterocycles. The van der Waals surface area contributed by atoms with Gasteiger partial charge in [0.05, 0.1) is 11.4 Å². The molecule has 92 valence electrons. The van der Waals surface area contributed by atoms with Crippen molar-refractivity contribution in [2.45, 2.75) is 12.8 Å². The number of halogens is 1. The Labute approximate surface area is 111 Å². The van der Waals surface area contributed by atoms with Crippen molar-refractivity contribution in [2.75, 3.05) is 5.32 Å². The first-order valence-electron chi connectivity index (χ1n) is 5.58. The van der Waals surface area contributed by atoms with Gasteiger partial charge in [-0.15, -0.1) is 11.6 Å². The van der Waals surface area contributed by atoms with Crippen LogP contribution in [0.5, 0.6) is 0 Å². The number of alkyl halides is 1. The van der Waals surface area contributed by atoms with E-state index < -0.39 is 0 Å². The van der Waals surface area contributed by atoms with E-state index in [1.165, 1.54) is 0 Å². The average molecular weight is 261 g/mol. The molecule has 4 heteroatoms. The number of amides is 1. The third kappa shape index (κ3) is 2.87. The van der Waals surface area contributed by atoms with Crippen LogP contribution in [0.4, 0.5) is 5.69 Å². The predicted octanol–water partition coefficient (Wildman–Crippen LogP) is 3.38. The Kier molecular flexibility index (Phi) is 3.95. The number of hydrogen-bond acceptors (Lipinski definition) is 2. The van der Waals surface area contributed by atoms with Crippen LogP contribution in [-0.4, -0.2) is 10.9 Å². The standard InChI is InChI=1S/C14H13ClN2O/c1-10-13(3-2-8-16-10)17-14(18)12-6-4-11(9-15)5-7-12/h2-8H,9H2,1H3,(H,17,18). The molecule has 0 atom stereocenters. The molecule has 18 heavy (non-hydrogen) atoms. The number of aromatic nitrogens is 1. The molecule has 1 aromatic heterocycles. The maximum atomic E-state index is 12.0. The van der Waals surface area contributed by atoms with Crippen molar-refractivity contribution < 1.29 is 4.79 Å². The largest absolute Gasteiger partial charge is 0.320 e. The number of anilines is 1. The molecule has 1 heterocycles. The molecule has 2 aromatic rings. The van der Waals surface area contributed by atoms with E-state index in [0.29, 0.717) is 11.4 Å². The minimum absolute atomic E-state index is 0.146. The van der Waals surface area contributed by atoms with Crippen LogP contribution in [0.1, 0.15) is 21.6 Å². The quantitative estimate of drug-likeness (QED) is 0.860. The first-order chi connectivity index (χ1) is 8.70. The molecule has 1 N–H and O–H groups in total. The zero-order valence-corrected chi connectivity index (χ0v) is 10.7. The van der Waals surface area contributed by atoms with E-state index >= 15 is 0 Å². The molecule has 0 radical (unpaired) electrons. The molecule has 0 unspecified atom stereocenters. The van der Waals surface area contributed by atoms with E-state index in [1.807, 2.05) is 25.1 Å². The van der Waals surface area contributed by atoms with Gasteiger partial charge in [0.15, 0.2) is 0 Å². The van der Waals surface area contributed by atoms with Gasteiger partial charge in [0, 0.05) is 17.6 Å². The Morgan fingerprint density at radius 1 is 1.28 bits per heavy atom. The number of nitrogens with one attached hydrogen (secondary N) is 1. The second-order valence-corrected chi connectivity index (χ2v) is 4.19. The molecular formula is C14H13ClN2O. The van der Waals surface area contributed by atoms with Gasteiger partial charge in [0.1, 0.15) is 0 Å². The van der Waals surface area contributed by atoms with Crippen molar-refractivity contribution in [1.82, 2.24) is 4.98 Å². The van der Waals surface area contributed by atoms with Crippen molar-refractivity contribution in [3.05, 3.63) is 59.4 Å². The zero-order valence-electron chi connectivity index (χ0n) is 9.98. The number of pyridine rings is 1. The van der Waals surface area contributed by atoms with E-state index in [2.05, 4.69) is 10.3 Å². The Hall–Kier alpha value is -1.87. The Bertz CT molecular complexity index is 552. The first kappa shape index (κ1) is 12.6. The summed E-state index contributed by atoms with van der Waals surface area (Å²) in [5.74, 6) is 0.302. The smallest absolute Gasteiger partial charge is 0.255 e. The summed E-state index contributed by atoms with van der Waals surface area (Å²) in [5, 5.41) is 2.83. The summed E-state index contributed by atoms with van der Waals surface area (Å²) in [6.07, 6.45) is 1.69. The lowest BCUT2D eigenvalue weighted by molar-refractivity contribution is 0.102. The average Bonchev–Trinajstić information content (AvgIpc) is 2.41. The fourth-order valence-electron chi connectivity index (χ4n) is 1.56. The highest BCUT2D eigenvalue weighted by molar-refractivity contribution is 6.17. The topological polar surface area (TPSA) is 42.0 Å². The summed E-state index contributed by atoms with van der Waals surface area (Å²) >= 11 is 5.70. The third-order valence-corrected chi connectivity index (χ3v) is 2.93. The number of carbonyl (C=O) groups excluding carboxylic acids is 1. The molecule has 0 spiro atoms. The van der Waals surface area contributed by atoms with Crippen molar-refractivity contribution >= 4 is 23.2 Å². The van der Waals surface area contributed by atoms with Gasteiger partial charge in [-0.3, -0.25) is 9.78 Å². The Balaban J connectivity index is 2.14. The lowest BCUT2D eigenvalue weighted by Gasteiger charge is -2.07. The highest BCUT2D eigenvalue weighted by Gasteiger charge is 2.07. The molecule has 0 bridgehead atoms. The van der Waals surface area contributed by atoms with Crippen LogP contribution in [0.3, 0.4) is 0 Å². The van der Waals surface area contributed by atoms with Crippen molar-refractivity contribution in [3.63, 3.8) is 0 Å². The van der Waals surface area contributed by atoms with E-state index in [0.717, 1.165) is 16.9 Å². The van der Waals surface area contributed by atoms with Crippen molar-refractivity contribution in [1.29, 1.82) is 0 Å². The van der Waals surface area contributed by atoms with Crippen LogP contribution < -0.4 is 5.32 Å². The van der Waals surface area contributed by atoms with Crippen LogP contribution in [-0.2, 0) is 5.88 Å². The summed E-state index contributed by atoms with van der Waals surface area (Å²) < 4.78 is 0. The van der Waals surface area contributed by atoms with Gasteiger partial charge in [-0.1, -0.05) is 12.1 Å². The summed E-state index contributed by atoms with van der Waals surface area (Å²) in [6, 6.07) is 10.8. The van der Waals surface area contributed by atoms with Gasteiger partial charge in [-0.05, 0) is 36.8 Å². The number of benzene rings is 1. The number of rotatable bonds is 3. The van der Waals surface area contributed by atoms with Crippen LogP contribution in [0, 0.1) is 6.92 Å². The van der Waals surface area contributed by atoms with Crippen LogP contribution in [0.2, 0.25) is 0 Å². The molecule has 0 aliphatic heterocycles. The summed E-state index contributed by atoms with van der Waals surface area (Å²) in [7, 11) is 0. The lowest BCUT2D eigenvalue weighted by atomic mass is 10.1. The fraction of sp³-hybridized carbons (Fsp3) is 0.143. The summed E-state index contributed by atoms with van der Waals surface area (Å²) in [4.78, 5) is 16.1. The number of hydrogen-bond donors (Lipinski definition) is 1. The highest BCUT2D eigenvalue weighted by atomic mass is 35.5. The van der Waals surface area contributed by atoms with Gasteiger partial charge in [-0.2, -0.15) is 0 Å². The molecular weight excluding hydrogens is 248 g/mol. The Morgan fingerprint density at radius 3 is 2.61 bits per heavy atom. The van der Waals surface area contributed by atoms with Gasteiger partial charge >= 0.3 is 0 Å². The van der Waals surface area contributed by atoms with E-state index in [9.17, 15) is 4.79 Å². The maximum Gasteiger partial charge on any atom is 0.255 e. The van der Waals surface area contributed by atoms with E-state index in [1.54, 1.807) is 24.4 Å². The molecule has 0 aliphatic rings. The minimum atomic E-state index is -0.146. The zero-order chi connectivity index (χ0) is 13.0. The van der Waals surface area contributed by atoms with E-state index in [-0.39, 0.29) is 5.91 Å². The summed E-state index contributed by atoms with van der Waals surface area (Å²) in [6.45, 7) is 1.85. The van der Waals surface area contributed by atoms with Crippen molar-refractivity contribution in [3.8, 4) is 0 Å². The molecule has 0 fully saturated rings. The molecule has 1 aromatic carbocycles. The molecule has 1 amide bonds. The monoisotopic (exact) mass is 260 g/mol. The van der Waals surface area contributed by atoms with Crippen LogP contribution >= 0.6 is 11.6 Å². The molecule has 2 rings (SSSR count). The lowest BCUT2D eigenvalue weighted by Crippen LogP contribution is -2.13. The minimum Gasteiger partial charge on any atom is -0.320 e. The van der Waals surface area contributed by atoms with Crippen LogP contribution in [0.25, 0.3) is 0 Å². The molecule has 0 aliphatic carbocycles. The third-order valence-electron chi connectivity index (χ3n) is 2.63. The number of aryl methyl sites for hydroxylation is 1. The van der Waals surface area contributed by atoms with Gasteiger partial charge in [0.2, 0.25) is 0 Å². The SMILES string of the molecule is Cc1ncccc1NC(=O)c1ccc(CCl)cc1. The Morgan fingerprint density at radius 2 is 2.00 bits per heavy atom.